The van der Waals surface area contributed by atoms with Gasteiger partial charge in [0.15, 0.2) is 5.75 Å². The highest BCUT2D eigenvalue weighted by Gasteiger charge is 2.18. The van der Waals surface area contributed by atoms with Gasteiger partial charge in [0.2, 0.25) is 0 Å². The molecule has 0 aromatic heterocycles. The number of carbonyl (C=O) groups excluding carboxylic acids is 1. The summed E-state index contributed by atoms with van der Waals surface area (Å²) in [6.45, 7) is 0. The second kappa shape index (κ2) is 9.09. The van der Waals surface area contributed by atoms with Crippen LogP contribution in [0.3, 0.4) is 0 Å². The van der Waals surface area contributed by atoms with E-state index in [1.807, 2.05) is 36.4 Å². The summed E-state index contributed by atoms with van der Waals surface area (Å²) in [5.74, 6) is 0.174. The zero-order valence-corrected chi connectivity index (χ0v) is 20.3. The minimum absolute atomic E-state index is 0.0113. The highest BCUT2D eigenvalue weighted by Crippen LogP contribution is 2.39. The van der Waals surface area contributed by atoms with E-state index < -0.39 is 5.91 Å². The van der Waals surface area contributed by atoms with Crippen LogP contribution in [0.15, 0.2) is 75.7 Å². The van der Waals surface area contributed by atoms with Crippen LogP contribution in [0.5, 0.6) is 17.2 Å². The molecule has 4 aromatic rings. The molecule has 4 rings (SSSR count). The van der Waals surface area contributed by atoms with Gasteiger partial charge in [0.05, 0.1) is 20.2 Å². The van der Waals surface area contributed by atoms with Crippen molar-refractivity contribution in [1.29, 1.82) is 0 Å². The summed E-state index contributed by atoms with van der Waals surface area (Å²) in [4.78, 5) is 12.8. The van der Waals surface area contributed by atoms with Crippen LogP contribution in [0.4, 0.5) is 5.69 Å². The fraction of sp³-hybridized carbons (Fsp3) is 0. The maximum absolute atomic E-state index is 12.8. The molecule has 0 saturated heterocycles. The molecule has 0 atom stereocenters. The molecule has 4 nitrogen and oxygen atoms in total. The number of aromatic hydroxyl groups is 1. The molecule has 0 saturated carbocycles. The Morgan fingerprint density at radius 2 is 1.65 bits per heavy atom. The van der Waals surface area contributed by atoms with Crippen molar-refractivity contribution in [2.24, 2.45) is 0 Å². The number of halogens is 4. The first-order valence-electron chi connectivity index (χ1n) is 8.97. The number of nitrogens with one attached hydrogen (secondary N) is 1. The Bertz CT molecular complexity index is 1330. The zero-order chi connectivity index (χ0) is 22.1. The highest BCUT2D eigenvalue weighted by molar-refractivity contribution is 9.11. The Labute approximate surface area is 205 Å². The van der Waals surface area contributed by atoms with Gasteiger partial charge in [0.25, 0.3) is 5.91 Å². The van der Waals surface area contributed by atoms with Gasteiger partial charge >= 0.3 is 0 Å². The van der Waals surface area contributed by atoms with Gasteiger partial charge < -0.3 is 15.2 Å². The summed E-state index contributed by atoms with van der Waals surface area (Å²) < 4.78 is 7.20. The van der Waals surface area contributed by atoms with Crippen LogP contribution in [0.1, 0.15) is 10.4 Å². The molecular formula is C23H13Br2Cl2NO3. The van der Waals surface area contributed by atoms with Gasteiger partial charge in [0.1, 0.15) is 11.5 Å². The van der Waals surface area contributed by atoms with E-state index in [2.05, 4.69) is 37.2 Å². The van der Waals surface area contributed by atoms with Crippen LogP contribution in [0, 0.1) is 0 Å². The van der Waals surface area contributed by atoms with E-state index in [0.717, 1.165) is 15.2 Å². The molecule has 156 valence electrons. The Kier molecular flexibility index (Phi) is 6.44. The number of phenolic OH excluding ortho intramolecular Hbond substituents is 1. The van der Waals surface area contributed by atoms with Crippen LogP contribution in [0.2, 0.25) is 10.0 Å². The van der Waals surface area contributed by atoms with Gasteiger partial charge in [-0.1, -0.05) is 53.5 Å². The van der Waals surface area contributed by atoms with Crippen LogP contribution in [0.25, 0.3) is 10.8 Å². The predicted octanol–water partition coefficient (Wildman–Crippen LogP) is 8.42. The topological polar surface area (TPSA) is 58.6 Å². The minimum atomic E-state index is -0.564. The Hall–Kier alpha value is -2.25. The molecular weight excluding hydrogens is 569 g/mol. The maximum atomic E-state index is 12.8. The SMILES string of the molecule is O=C(Nc1cc(Cl)ccc1Oc1ccc2ccccc2c1Br)c1cc(Cl)cc(Br)c1O. The van der Waals surface area contributed by atoms with Gasteiger partial charge in [-0.25, -0.2) is 0 Å². The molecule has 0 fully saturated rings. The summed E-state index contributed by atoms with van der Waals surface area (Å²) in [7, 11) is 0. The molecule has 1 amide bonds. The molecule has 0 bridgehead atoms. The molecule has 2 N–H and O–H groups in total. The average Bonchev–Trinajstić information content (AvgIpc) is 2.74. The Morgan fingerprint density at radius 1 is 0.903 bits per heavy atom. The van der Waals surface area contributed by atoms with E-state index in [1.165, 1.54) is 12.1 Å². The van der Waals surface area contributed by atoms with Crippen molar-refractivity contribution >= 4 is 77.4 Å². The Morgan fingerprint density at radius 3 is 2.45 bits per heavy atom. The van der Waals surface area contributed by atoms with Crippen LogP contribution >= 0.6 is 55.1 Å². The maximum Gasteiger partial charge on any atom is 0.259 e. The monoisotopic (exact) mass is 579 g/mol. The number of rotatable bonds is 4. The first-order valence-corrected chi connectivity index (χ1v) is 11.3. The lowest BCUT2D eigenvalue weighted by molar-refractivity contribution is 0.102. The summed E-state index contributed by atoms with van der Waals surface area (Å²) in [5.41, 5.74) is 0.352. The van der Waals surface area contributed by atoms with Gasteiger partial charge in [-0.15, -0.1) is 0 Å². The van der Waals surface area contributed by atoms with Gasteiger partial charge in [-0.3, -0.25) is 4.79 Å². The lowest BCUT2D eigenvalue weighted by Gasteiger charge is -2.15. The number of anilines is 1. The fourth-order valence-electron chi connectivity index (χ4n) is 3.03. The van der Waals surface area contributed by atoms with E-state index in [9.17, 15) is 9.90 Å². The highest BCUT2D eigenvalue weighted by atomic mass is 79.9. The van der Waals surface area contributed by atoms with Crippen molar-refractivity contribution in [1.82, 2.24) is 0 Å². The first-order chi connectivity index (χ1) is 14.8. The number of hydrogen-bond acceptors (Lipinski definition) is 3. The zero-order valence-electron chi connectivity index (χ0n) is 15.6. The summed E-state index contributed by atoms with van der Waals surface area (Å²) >= 11 is 19.0. The van der Waals surface area contributed by atoms with Crippen molar-refractivity contribution < 1.29 is 14.6 Å². The third-order valence-corrected chi connectivity index (χ3v) is 6.39. The normalized spacial score (nSPS) is 10.8. The summed E-state index contributed by atoms with van der Waals surface area (Å²) in [5, 5.41) is 15.7. The van der Waals surface area contributed by atoms with E-state index in [4.69, 9.17) is 27.9 Å². The number of hydrogen-bond donors (Lipinski definition) is 2. The molecule has 4 aromatic carbocycles. The standard InChI is InChI=1S/C23H13Br2Cl2NO3/c24-17-10-14(27)9-16(22(17)29)23(30)28-18-11-13(26)6-8-19(18)31-20-7-5-12-3-1-2-4-15(12)21(20)25/h1-11,29H,(H,28,30). The largest absolute Gasteiger partial charge is 0.506 e. The smallest absolute Gasteiger partial charge is 0.259 e. The van der Waals surface area contributed by atoms with E-state index in [0.29, 0.717) is 31.7 Å². The van der Waals surface area contributed by atoms with Gasteiger partial charge in [0, 0.05) is 10.0 Å². The number of amides is 1. The van der Waals surface area contributed by atoms with Crippen molar-refractivity contribution in [3.63, 3.8) is 0 Å². The quantitative estimate of drug-likeness (QED) is 0.254. The van der Waals surface area contributed by atoms with Gasteiger partial charge in [-0.05, 0) is 79.0 Å². The number of benzene rings is 4. The van der Waals surface area contributed by atoms with Crippen LogP contribution < -0.4 is 10.1 Å². The summed E-state index contributed by atoms with van der Waals surface area (Å²) in [6.07, 6.45) is 0. The molecule has 8 heteroatoms. The number of ether oxygens (including phenoxy) is 1. The van der Waals surface area contributed by atoms with Crippen LogP contribution in [-0.2, 0) is 0 Å². The predicted molar refractivity (Wildman–Crippen MR) is 132 cm³/mol. The second-order valence-corrected chi connectivity index (χ2v) is 9.10. The number of fused-ring (bicyclic) bond motifs is 1. The van der Waals surface area contributed by atoms with E-state index >= 15 is 0 Å². The molecule has 0 aliphatic carbocycles. The minimum Gasteiger partial charge on any atom is -0.506 e. The van der Waals surface area contributed by atoms with Crippen molar-refractivity contribution in [3.05, 3.63) is 91.3 Å². The molecule has 0 radical (unpaired) electrons. The first kappa shape index (κ1) is 22.0. The van der Waals surface area contributed by atoms with Crippen molar-refractivity contribution in [3.8, 4) is 17.2 Å². The summed E-state index contributed by atoms with van der Waals surface area (Å²) in [6, 6.07) is 19.5. The third-order valence-electron chi connectivity index (χ3n) is 4.51. The number of phenols is 1. The fourth-order valence-corrected chi connectivity index (χ4v) is 4.58. The average molecular weight is 582 g/mol. The Balaban J connectivity index is 1.69. The molecule has 31 heavy (non-hydrogen) atoms. The third kappa shape index (κ3) is 4.67. The number of carbonyl (C=O) groups is 1. The van der Waals surface area contributed by atoms with Crippen molar-refractivity contribution in [2.45, 2.75) is 0 Å². The molecule has 0 aliphatic rings. The van der Waals surface area contributed by atoms with E-state index in [1.54, 1.807) is 18.2 Å². The lowest BCUT2D eigenvalue weighted by Crippen LogP contribution is -2.13. The van der Waals surface area contributed by atoms with Crippen LogP contribution in [-0.4, -0.2) is 11.0 Å². The molecule has 0 aliphatic heterocycles. The second-order valence-electron chi connectivity index (χ2n) is 6.58. The molecule has 0 unspecified atom stereocenters. The molecule has 0 heterocycles. The van der Waals surface area contributed by atoms with Gasteiger partial charge in [-0.2, -0.15) is 0 Å². The van der Waals surface area contributed by atoms with E-state index in [-0.39, 0.29) is 11.3 Å². The molecule has 0 spiro atoms. The lowest BCUT2D eigenvalue weighted by atomic mass is 10.1. The van der Waals surface area contributed by atoms with Crippen molar-refractivity contribution in [2.75, 3.05) is 5.32 Å².